The third-order valence-corrected chi connectivity index (χ3v) is 6.50. The lowest BCUT2D eigenvalue weighted by molar-refractivity contribution is -0.150. The van der Waals surface area contributed by atoms with Crippen molar-refractivity contribution in [2.24, 2.45) is 0 Å². The zero-order valence-corrected chi connectivity index (χ0v) is 16.9. The summed E-state index contributed by atoms with van der Waals surface area (Å²) in [7, 11) is -3.10. The number of carbonyl (C=O) groups excluding carboxylic acids is 2. The molecule has 2 atom stereocenters. The summed E-state index contributed by atoms with van der Waals surface area (Å²) in [5.41, 5.74) is 1.95. The van der Waals surface area contributed by atoms with Gasteiger partial charge >= 0.3 is 5.97 Å². The van der Waals surface area contributed by atoms with Gasteiger partial charge in [-0.2, -0.15) is 0 Å². The van der Waals surface area contributed by atoms with Crippen molar-refractivity contribution in [3.05, 3.63) is 41.5 Å². The first-order valence-electron chi connectivity index (χ1n) is 9.15. The molecule has 1 aliphatic heterocycles. The van der Waals surface area contributed by atoms with Gasteiger partial charge in [-0.15, -0.1) is 0 Å². The molecule has 1 aliphatic rings. The molecule has 0 N–H and O–H groups in total. The number of esters is 1. The average Bonchev–Trinajstić information content (AvgIpc) is 2.97. The van der Waals surface area contributed by atoms with E-state index in [0.717, 1.165) is 11.1 Å². The van der Waals surface area contributed by atoms with E-state index in [0.29, 0.717) is 12.8 Å². The molecule has 0 aliphatic carbocycles. The summed E-state index contributed by atoms with van der Waals surface area (Å²) in [6.07, 6.45) is 4.05. The summed E-state index contributed by atoms with van der Waals surface area (Å²) in [6.45, 7) is 5.38. The Labute approximate surface area is 161 Å². The lowest BCUT2D eigenvalue weighted by atomic mass is 10.1. The summed E-state index contributed by atoms with van der Waals surface area (Å²) in [5, 5.41) is 0. The Bertz CT molecular complexity index is 815. The van der Waals surface area contributed by atoms with Crippen LogP contribution in [0.3, 0.4) is 0 Å². The quantitative estimate of drug-likeness (QED) is 0.525. The Morgan fingerprint density at radius 2 is 2.11 bits per heavy atom. The highest BCUT2D eigenvalue weighted by atomic mass is 32.2. The number of hydrogen-bond acceptors (Lipinski definition) is 5. The van der Waals surface area contributed by atoms with Crippen LogP contribution in [0.25, 0.3) is 6.08 Å². The lowest BCUT2D eigenvalue weighted by Crippen LogP contribution is -2.48. The molecule has 1 aromatic carbocycles. The first-order chi connectivity index (χ1) is 12.7. The van der Waals surface area contributed by atoms with Crippen LogP contribution in [0.5, 0.6) is 0 Å². The number of sulfone groups is 1. The number of benzene rings is 1. The minimum absolute atomic E-state index is 0.0235. The lowest BCUT2D eigenvalue weighted by Gasteiger charge is -2.33. The van der Waals surface area contributed by atoms with Gasteiger partial charge in [-0.3, -0.25) is 4.79 Å². The van der Waals surface area contributed by atoms with Crippen LogP contribution in [0.1, 0.15) is 37.8 Å². The second-order valence-corrected chi connectivity index (χ2v) is 9.20. The number of rotatable bonds is 7. The van der Waals surface area contributed by atoms with Crippen molar-refractivity contribution >= 4 is 27.8 Å². The molecule has 1 amide bonds. The summed E-state index contributed by atoms with van der Waals surface area (Å²) >= 11 is 0. The number of hydrogen-bond donors (Lipinski definition) is 0. The topological polar surface area (TPSA) is 80.8 Å². The fourth-order valence-electron chi connectivity index (χ4n) is 3.19. The third kappa shape index (κ3) is 6.20. The van der Waals surface area contributed by atoms with Crippen molar-refractivity contribution < 1.29 is 22.7 Å². The van der Waals surface area contributed by atoms with Crippen molar-refractivity contribution in [1.29, 1.82) is 0 Å². The summed E-state index contributed by atoms with van der Waals surface area (Å²) in [6, 6.07) is 7.19. The fourth-order valence-corrected chi connectivity index (χ4v) is 4.91. The average molecular weight is 394 g/mol. The number of carbonyl (C=O) groups is 2. The van der Waals surface area contributed by atoms with E-state index < -0.39 is 22.4 Å². The maximum atomic E-state index is 12.6. The monoisotopic (exact) mass is 393 g/mol. The second kappa shape index (κ2) is 9.17. The third-order valence-electron chi connectivity index (χ3n) is 4.75. The largest absolute Gasteiger partial charge is 0.452 e. The van der Waals surface area contributed by atoms with E-state index in [9.17, 15) is 18.0 Å². The fraction of sp³-hybridized carbons (Fsp3) is 0.500. The smallest absolute Gasteiger partial charge is 0.331 e. The Hall–Kier alpha value is -2.15. The molecule has 27 heavy (non-hydrogen) atoms. The van der Waals surface area contributed by atoms with Crippen LogP contribution in [-0.2, 0) is 24.2 Å². The standard InChI is InChI=1S/C20H27NO5S/c1-4-16(3)21(18-10-11-27(24,25)14-18)19(22)13-26-20(23)9-8-17-7-5-6-15(2)12-17/h5-9,12,16,18H,4,10-11,13-14H2,1-3H3/b9-8+/t16-,18+/m1/s1. The van der Waals surface area contributed by atoms with Crippen LogP contribution in [-0.4, -0.2) is 55.4 Å². The molecule has 1 heterocycles. The van der Waals surface area contributed by atoms with Crippen molar-refractivity contribution in [3.8, 4) is 0 Å². The molecular weight excluding hydrogens is 366 g/mol. The molecule has 2 rings (SSSR count). The predicted octanol–water partition coefficient (Wildman–Crippen LogP) is 2.37. The highest BCUT2D eigenvalue weighted by Crippen LogP contribution is 2.21. The van der Waals surface area contributed by atoms with E-state index in [4.69, 9.17) is 4.74 Å². The molecule has 1 fully saturated rings. The van der Waals surface area contributed by atoms with Gasteiger partial charge < -0.3 is 9.64 Å². The van der Waals surface area contributed by atoms with Gasteiger partial charge in [0.1, 0.15) is 0 Å². The van der Waals surface area contributed by atoms with Crippen LogP contribution in [0.4, 0.5) is 0 Å². The van der Waals surface area contributed by atoms with E-state index in [2.05, 4.69) is 0 Å². The second-order valence-electron chi connectivity index (χ2n) is 6.97. The molecule has 1 aromatic rings. The molecule has 0 spiro atoms. The van der Waals surface area contributed by atoms with Crippen LogP contribution < -0.4 is 0 Å². The molecular formula is C20H27NO5S. The van der Waals surface area contributed by atoms with Crippen molar-refractivity contribution in [1.82, 2.24) is 4.90 Å². The number of amides is 1. The van der Waals surface area contributed by atoms with Gasteiger partial charge in [-0.1, -0.05) is 36.8 Å². The van der Waals surface area contributed by atoms with Gasteiger partial charge in [-0.05, 0) is 38.3 Å². The van der Waals surface area contributed by atoms with Gasteiger partial charge in [0.05, 0.1) is 11.5 Å². The van der Waals surface area contributed by atoms with Crippen molar-refractivity contribution in [2.45, 2.75) is 45.7 Å². The molecule has 7 heteroatoms. The van der Waals surface area contributed by atoms with Crippen LogP contribution in [0.2, 0.25) is 0 Å². The number of aryl methyl sites for hydroxylation is 1. The zero-order valence-electron chi connectivity index (χ0n) is 16.1. The summed E-state index contributed by atoms with van der Waals surface area (Å²) in [4.78, 5) is 26.1. The van der Waals surface area contributed by atoms with E-state index >= 15 is 0 Å². The Kier molecular flexibility index (Phi) is 7.18. The molecule has 6 nitrogen and oxygen atoms in total. The highest BCUT2D eigenvalue weighted by molar-refractivity contribution is 7.91. The van der Waals surface area contributed by atoms with E-state index in [1.165, 1.54) is 6.08 Å². The van der Waals surface area contributed by atoms with Gasteiger partial charge in [0.2, 0.25) is 0 Å². The summed E-state index contributed by atoms with van der Waals surface area (Å²) in [5.74, 6) is -0.891. The van der Waals surface area contributed by atoms with Crippen LogP contribution in [0.15, 0.2) is 30.3 Å². The van der Waals surface area contributed by atoms with Gasteiger partial charge in [0.25, 0.3) is 5.91 Å². The first kappa shape index (κ1) is 21.2. The molecule has 0 saturated carbocycles. The molecule has 0 radical (unpaired) electrons. The molecule has 1 saturated heterocycles. The normalized spacial score (nSPS) is 19.7. The SMILES string of the molecule is CC[C@@H](C)N(C(=O)COC(=O)/C=C/c1cccc(C)c1)[C@H]1CCS(=O)(=O)C1. The molecule has 148 valence electrons. The molecule has 0 aromatic heterocycles. The maximum Gasteiger partial charge on any atom is 0.331 e. The number of ether oxygens (including phenoxy) is 1. The van der Waals surface area contributed by atoms with Crippen LogP contribution in [0, 0.1) is 6.92 Å². The minimum Gasteiger partial charge on any atom is -0.452 e. The minimum atomic E-state index is -3.10. The molecule has 0 bridgehead atoms. The first-order valence-corrected chi connectivity index (χ1v) is 11.0. The Morgan fingerprint density at radius 3 is 2.70 bits per heavy atom. The Morgan fingerprint density at radius 1 is 1.37 bits per heavy atom. The van der Waals surface area contributed by atoms with E-state index in [1.54, 1.807) is 11.0 Å². The highest BCUT2D eigenvalue weighted by Gasteiger charge is 2.36. The van der Waals surface area contributed by atoms with E-state index in [1.807, 2.05) is 45.0 Å². The van der Waals surface area contributed by atoms with Gasteiger partial charge in [0.15, 0.2) is 16.4 Å². The van der Waals surface area contributed by atoms with Gasteiger partial charge in [-0.25, -0.2) is 13.2 Å². The zero-order chi connectivity index (χ0) is 20.0. The van der Waals surface area contributed by atoms with Crippen molar-refractivity contribution in [3.63, 3.8) is 0 Å². The number of nitrogens with zero attached hydrogens (tertiary/aromatic N) is 1. The van der Waals surface area contributed by atoms with Crippen LogP contribution >= 0.6 is 0 Å². The van der Waals surface area contributed by atoms with E-state index in [-0.39, 0.29) is 29.5 Å². The maximum absolute atomic E-state index is 12.6. The summed E-state index contributed by atoms with van der Waals surface area (Å²) < 4.78 is 28.6. The van der Waals surface area contributed by atoms with Gasteiger partial charge in [0, 0.05) is 18.2 Å². The Balaban J connectivity index is 1.95. The predicted molar refractivity (Wildman–Crippen MR) is 105 cm³/mol. The van der Waals surface area contributed by atoms with Crippen molar-refractivity contribution in [2.75, 3.05) is 18.1 Å². The molecule has 0 unspecified atom stereocenters.